The summed E-state index contributed by atoms with van der Waals surface area (Å²) in [5.41, 5.74) is 1.30. The Bertz CT molecular complexity index is 433. The number of rotatable bonds is 0. The number of hydrogen-bond acceptors (Lipinski definition) is 1. The number of fused-ring (bicyclic) bond motifs is 1. The van der Waals surface area contributed by atoms with E-state index in [1.165, 1.54) is 15.2 Å². The largest absolute Gasteiger partial charge is 0.234 e. The zero-order chi connectivity index (χ0) is 8.72. The highest BCUT2D eigenvalue weighted by Gasteiger charge is 2.11. The minimum atomic E-state index is 1.14. The van der Waals surface area contributed by atoms with Gasteiger partial charge in [0.2, 0.25) is 10.5 Å². The number of nitrogens with zero attached hydrogens (tertiary/aromatic N) is 1. The van der Waals surface area contributed by atoms with Crippen molar-refractivity contribution in [1.29, 1.82) is 0 Å². The Morgan fingerprint density at radius 3 is 2.92 bits per heavy atom. The van der Waals surface area contributed by atoms with Gasteiger partial charge in [0, 0.05) is 17.5 Å². The summed E-state index contributed by atoms with van der Waals surface area (Å²) in [6.45, 7) is 2.14. The van der Waals surface area contributed by atoms with Gasteiger partial charge < -0.3 is 0 Å². The molecule has 0 aliphatic carbocycles. The van der Waals surface area contributed by atoms with Crippen molar-refractivity contribution in [3.63, 3.8) is 0 Å². The van der Waals surface area contributed by atoms with E-state index in [1.807, 2.05) is 11.3 Å². The lowest BCUT2D eigenvalue weighted by Crippen LogP contribution is -2.28. The lowest BCUT2D eigenvalue weighted by Gasteiger charge is -1.87. The SMILES string of the molecule is Cc1sc2ccc(Br)cc2[n+]1C. The first kappa shape index (κ1) is 8.20. The Labute approximate surface area is 83.8 Å². The van der Waals surface area contributed by atoms with E-state index in [1.54, 1.807) is 0 Å². The summed E-state index contributed by atoms with van der Waals surface area (Å²) in [5, 5.41) is 1.34. The van der Waals surface area contributed by atoms with Crippen LogP contribution in [0.1, 0.15) is 5.01 Å². The predicted octanol–water partition coefficient (Wildman–Crippen LogP) is 2.80. The van der Waals surface area contributed by atoms with Gasteiger partial charge in [0.1, 0.15) is 11.7 Å². The van der Waals surface area contributed by atoms with Gasteiger partial charge in [-0.15, -0.1) is 0 Å². The first-order chi connectivity index (χ1) is 5.68. The Morgan fingerprint density at radius 2 is 2.17 bits per heavy atom. The molecule has 0 atom stereocenters. The van der Waals surface area contributed by atoms with Crippen LogP contribution in [0, 0.1) is 6.92 Å². The number of halogens is 1. The van der Waals surface area contributed by atoms with E-state index in [0.717, 1.165) is 4.47 Å². The average Bonchev–Trinajstić information content (AvgIpc) is 2.31. The zero-order valence-electron chi connectivity index (χ0n) is 6.97. The molecule has 2 rings (SSSR count). The monoisotopic (exact) mass is 242 g/mol. The highest BCUT2D eigenvalue weighted by molar-refractivity contribution is 9.10. The number of benzene rings is 1. The lowest BCUT2D eigenvalue weighted by molar-refractivity contribution is -0.646. The highest BCUT2D eigenvalue weighted by Crippen LogP contribution is 2.22. The normalized spacial score (nSPS) is 10.9. The number of thiazole rings is 1. The summed E-state index contributed by atoms with van der Waals surface area (Å²) in [6.07, 6.45) is 0. The second kappa shape index (κ2) is 2.82. The molecule has 1 heterocycles. The second-order valence-electron chi connectivity index (χ2n) is 2.79. The van der Waals surface area contributed by atoms with E-state index >= 15 is 0 Å². The first-order valence-electron chi connectivity index (χ1n) is 3.73. The van der Waals surface area contributed by atoms with Crippen LogP contribution < -0.4 is 4.57 Å². The van der Waals surface area contributed by atoms with Crippen LogP contribution in [0.3, 0.4) is 0 Å². The van der Waals surface area contributed by atoms with Crippen molar-refractivity contribution < 1.29 is 4.57 Å². The lowest BCUT2D eigenvalue weighted by atomic mass is 10.3. The predicted molar refractivity (Wildman–Crippen MR) is 55.4 cm³/mol. The van der Waals surface area contributed by atoms with E-state index in [-0.39, 0.29) is 0 Å². The van der Waals surface area contributed by atoms with Crippen LogP contribution in [0.25, 0.3) is 10.2 Å². The molecule has 0 aliphatic heterocycles. The van der Waals surface area contributed by atoms with Crippen molar-refractivity contribution in [3.8, 4) is 0 Å². The van der Waals surface area contributed by atoms with Gasteiger partial charge in [0.15, 0.2) is 0 Å². The molecule has 0 spiro atoms. The fraction of sp³-hybridized carbons (Fsp3) is 0.222. The quantitative estimate of drug-likeness (QED) is 0.626. The van der Waals surface area contributed by atoms with Gasteiger partial charge in [-0.2, -0.15) is 4.57 Å². The third kappa shape index (κ3) is 1.17. The van der Waals surface area contributed by atoms with Crippen LogP contribution in [-0.4, -0.2) is 0 Å². The van der Waals surface area contributed by atoms with E-state index < -0.39 is 0 Å². The van der Waals surface area contributed by atoms with Crippen LogP contribution in [0.2, 0.25) is 0 Å². The van der Waals surface area contributed by atoms with Crippen LogP contribution in [0.4, 0.5) is 0 Å². The van der Waals surface area contributed by atoms with Gasteiger partial charge in [-0.25, -0.2) is 0 Å². The van der Waals surface area contributed by atoms with Crippen molar-refractivity contribution in [1.82, 2.24) is 0 Å². The van der Waals surface area contributed by atoms with E-state index in [2.05, 4.69) is 52.7 Å². The molecule has 0 bridgehead atoms. The molecule has 0 amide bonds. The molecule has 3 heteroatoms. The minimum absolute atomic E-state index is 1.14. The van der Waals surface area contributed by atoms with E-state index in [9.17, 15) is 0 Å². The van der Waals surface area contributed by atoms with Gasteiger partial charge in [-0.1, -0.05) is 27.3 Å². The van der Waals surface area contributed by atoms with Crippen molar-refractivity contribution >= 4 is 37.5 Å². The van der Waals surface area contributed by atoms with Gasteiger partial charge in [-0.3, -0.25) is 0 Å². The Balaban J connectivity index is 2.88. The van der Waals surface area contributed by atoms with E-state index in [0.29, 0.717) is 0 Å². The fourth-order valence-corrected chi connectivity index (χ4v) is 2.58. The van der Waals surface area contributed by atoms with Crippen molar-refractivity contribution in [2.75, 3.05) is 0 Å². The van der Waals surface area contributed by atoms with Crippen LogP contribution >= 0.6 is 27.3 Å². The molecule has 62 valence electrons. The van der Waals surface area contributed by atoms with Gasteiger partial charge >= 0.3 is 0 Å². The van der Waals surface area contributed by atoms with Gasteiger partial charge in [-0.05, 0) is 12.1 Å². The topological polar surface area (TPSA) is 3.88 Å². The molecule has 1 nitrogen and oxygen atoms in total. The van der Waals surface area contributed by atoms with Gasteiger partial charge in [0.25, 0.3) is 0 Å². The summed E-state index contributed by atoms with van der Waals surface area (Å²) in [7, 11) is 2.10. The number of hydrogen-bond donors (Lipinski definition) is 0. The molecule has 0 unspecified atom stereocenters. The van der Waals surface area contributed by atoms with Crippen molar-refractivity contribution in [2.45, 2.75) is 6.92 Å². The number of aryl methyl sites for hydroxylation is 2. The molecule has 1 aromatic heterocycles. The van der Waals surface area contributed by atoms with Crippen molar-refractivity contribution in [2.24, 2.45) is 7.05 Å². The van der Waals surface area contributed by atoms with Gasteiger partial charge in [0.05, 0.1) is 0 Å². The summed E-state index contributed by atoms with van der Waals surface area (Å²) in [5.74, 6) is 0. The summed E-state index contributed by atoms with van der Waals surface area (Å²) in [6, 6.07) is 6.38. The maximum atomic E-state index is 3.47. The number of aromatic nitrogens is 1. The standard InChI is InChI=1S/C9H9BrNS/c1-6-11(2)8-5-7(10)3-4-9(8)12-6/h3-5H,1-2H3/q+1. The zero-order valence-corrected chi connectivity index (χ0v) is 9.37. The maximum absolute atomic E-state index is 3.47. The summed E-state index contributed by atoms with van der Waals surface area (Å²) >= 11 is 5.30. The third-order valence-corrected chi connectivity index (χ3v) is 3.64. The maximum Gasteiger partial charge on any atom is 0.234 e. The minimum Gasteiger partial charge on any atom is -0.189 e. The smallest absolute Gasteiger partial charge is 0.189 e. The molecule has 12 heavy (non-hydrogen) atoms. The molecule has 0 aliphatic rings. The van der Waals surface area contributed by atoms with Crippen LogP contribution in [-0.2, 0) is 7.05 Å². The van der Waals surface area contributed by atoms with Crippen LogP contribution in [0.15, 0.2) is 22.7 Å². The summed E-state index contributed by atoms with van der Waals surface area (Å²) in [4.78, 5) is 0. The molecular weight excluding hydrogens is 234 g/mol. The molecule has 0 radical (unpaired) electrons. The molecule has 0 fully saturated rings. The molecule has 0 saturated heterocycles. The fourth-order valence-electron chi connectivity index (χ4n) is 1.24. The molecular formula is C9H9BrNS+. The van der Waals surface area contributed by atoms with Crippen molar-refractivity contribution in [3.05, 3.63) is 27.7 Å². The van der Waals surface area contributed by atoms with Crippen LogP contribution in [0.5, 0.6) is 0 Å². The Morgan fingerprint density at radius 1 is 1.42 bits per heavy atom. The average molecular weight is 243 g/mol. The highest BCUT2D eigenvalue weighted by atomic mass is 79.9. The molecule has 0 saturated carbocycles. The third-order valence-electron chi connectivity index (χ3n) is 2.01. The molecule has 1 aromatic carbocycles. The summed E-state index contributed by atoms with van der Waals surface area (Å²) < 4.78 is 4.70. The molecule has 0 N–H and O–H groups in total. The first-order valence-corrected chi connectivity index (χ1v) is 5.34. The second-order valence-corrected chi connectivity index (χ2v) is 4.94. The molecule has 2 aromatic rings. The van der Waals surface area contributed by atoms with E-state index in [4.69, 9.17) is 0 Å². The Hall–Kier alpha value is -0.410. The Kier molecular flexibility index (Phi) is 1.93.